The first-order valence-corrected chi connectivity index (χ1v) is 16.9. The van der Waals surface area contributed by atoms with Crippen molar-refractivity contribution in [3.05, 3.63) is 23.8 Å². The van der Waals surface area contributed by atoms with Crippen molar-refractivity contribution >= 4 is 11.4 Å². The monoisotopic (exact) mass is 536 g/mol. The number of anilines is 2. The van der Waals surface area contributed by atoms with E-state index in [2.05, 4.69) is 46.8 Å². The Hall–Kier alpha value is -1.22. The van der Waals surface area contributed by atoms with Crippen LogP contribution in [-0.2, 0) is 11.2 Å². The fourth-order valence-electron chi connectivity index (χ4n) is 10.9. The number of nitrogens with two attached hydrogens (primary N) is 2. The third kappa shape index (κ3) is 5.91. The summed E-state index contributed by atoms with van der Waals surface area (Å²) in [5, 5.41) is 0. The molecule has 9 atom stereocenters. The van der Waals surface area contributed by atoms with Gasteiger partial charge in [0.25, 0.3) is 0 Å². The summed E-state index contributed by atoms with van der Waals surface area (Å²) in [5.74, 6) is 5.99. The van der Waals surface area contributed by atoms with E-state index in [1.54, 1.807) is 0 Å². The van der Waals surface area contributed by atoms with Gasteiger partial charge in [0.1, 0.15) is 0 Å². The van der Waals surface area contributed by atoms with Crippen molar-refractivity contribution in [3.8, 4) is 0 Å². The molecule has 3 heteroatoms. The molecular weight excluding hydrogens is 476 g/mol. The Morgan fingerprint density at radius 3 is 2.36 bits per heavy atom. The van der Waals surface area contributed by atoms with Crippen molar-refractivity contribution in [1.82, 2.24) is 0 Å². The Kier molecular flexibility index (Phi) is 8.97. The molecule has 5 rings (SSSR count). The standard InChI is InChI=1S/C36H60N2O/c1-24(2)10-8-11-25(3)34-33(39-19-9-12-26-20-28(37)22-29(38)21-26)23-32-30-15-14-27-13-6-7-17-35(27,4)31(30)16-18-36(32,34)5/h20-22,24-25,27,30-34H,6-19,23,37-38H2,1-5H3/t25-,27?,30-,31+,32+,33?,34+,35+,36+/m1/s1. The number of ether oxygens (including phenoxy) is 1. The predicted octanol–water partition coefficient (Wildman–Crippen LogP) is 9.29. The predicted molar refractivity (Wildman–Crippen MR) is 166 cm³/mol. The lowest BCUT2D eigenvalue weighted by Crippen LogP contribution is -2.53. The minimum Gasteiger partial charge on any atom is -0.399 e. The molecule has 0 aliphatic heterocycles. The Morgan fingerprint density at radius 2 is 1.62 bits per heavy atom. The minimum absolute atomic E-state index is 0.426. The van der Waals surface area contributed by atoms with E-state index >= 15 is 0 Å². The van der Waals surface area contributed by atoms with E-state index in [1.807, 2.05) is 6.07 Å². The van der Waals surface area contributed by atoms with Crippen LogP contribution in [0.15, 0.2) is 18.2 Å². The lowest BCUT2D eigenvalue weighted by atomic mass is 9.44. The van der Waals surface area contributed by atoms with Crippen molar-refractivity contribution in [3.63, 3.8) is 0 Å². The second-order valence-corrected chi connectivity index (χ2v) is 15.5. The molecule has 4 saturated carbocycles. The average molecular weight is 537 g/mol. The zero-order chi connectivity index (χ0) is 27.8. The van der Waals surface area contributed by atoms with Crippen molar-refractivity contribution in [1.29, 1.82) is 0 Å². The Morgan fingerprint density at radius 1 is 0.846 bits per heavy atom. The molecule has 39 heavy (non-hydrogen) atoms. The number of hydrogen-bond acceptors (Lipinski definition) is 3. The molecule has 3 nitrogen and oxygen atoms in total. The van der Waals surface area contributed by atoms with E-state index in [9.17, 15) is 0 Å². The van der Waals surface area contributed by atoms with E-state index in [1.165, 1.54) is 82.6 Å². The number of aryl methyl sites for hydroxylation is 1. The van der Waals surface area contributed by atoms with Gasteiger partial charge >= 0.3 is 0 Å². The number of hydrogen-bond donors (Lipinski definition) is 2. The van der Waals surface area contributed by atoms with E-state index in [0.29, 0.717) is 22.9 Å². The lowest BCUT2D eigenvalue weighted by molar-refractivity contribution is -0.116. The van der Waals surface area contributed by atoms with Crippen LogP contribution in [0.3, 0.4) is 0 Å². The molecule has 0 spiro atoms. The van der Waals surface area contributed by atoms with Crippen LogP contribution in [0.4, 0.5) is 11.4 Å². The molecule has 2 unspecified atom stereocenters. The molecule has 0 aromatic heterocycles. The van der Waals surface area contributed by atoms with E-state index in [0.717, 1.165) is 66.3 Å². The Bertz CT molecular complexity index is 939. The van der Waals surface area contributed by atoms with Gasteiger partial charge in [-0.2, -0.15) is 0 Å². The van der Waals surface area contributed by atoms with E-state index < -0.39 is 0 Å². The second kappa shape index (κ2) is 11.9. The number of benzene rings is 1. The third-order valence-electron chi connectivity index (χ3n) is 12.7. The Labute approximate surface area is 240 Å². The minimum atomic E-state index is 0.426. The largest absolute Gasteiger partial charge is 0.399 e. The summed E-state index contributed by atoms with van der Waals surface area (Å²) in [7, 11) is 0. The van der Waals surface area contributed by atoms with Crippen LogP contribution in [-0.4, -0.2) is 12.7 Å². The highest BCUT2D eigenvalue weighted by atomic mass is 16.5. The first-order valence-electron chi connectivity index (χ1n) is 16.9. The molecule has 0 amide bonds. The highest BCUT2D eigenvalue weighted by Crippen LogP contribution is 2.68. The fraction of sp³-hybridized carbons (Fsp3) is 0.833. The number of fused-ring (bicyclic) bond motifs is 5. The SMILES string of the molecule is CC(C)CCC[C@@H](C)[C@H]1C(OCCCc2cc(N)cc(N)c2)C[C@H]2[C@@H]3CCC4CCCC[C@]4(C)[C@H]3CC[C@]12C. The van der Waals surface area contributed by atoms with Gasteiger partial charge in [-0.05, 0) is 134 Å². The van der Waals surface area contributed by atoms with Gasteiger partial charge in [-0.15, -0.1) is 0 Å². The summed E-state index contributed by atoms with van der Waals surface area (Å²) < 4.78 is 6.95. The van der Waals surface area contributed by atoms with Crippen LogP contribution in [0, 0.1) is 52.3 Å². The molecule has 4 aliphatic rings. The maximum absolute atomic E-state index is 6.95. The van der Waals surface area contributed by atoms with Crippen LogP contribution in [0.25, 0.3) is 0 Å². The van der Waals surface area contributed by atoms with Crippen molar-refractivity contribution < 1.29 is 4.74 Å². The van der Waals surface area contributed by atoms with E-state index in [-0.39, 0.29) is 0 Å². The van der Waals surface area contributed by atoms with Gasteiger partial charge in [-0.3, -0.25) is 0 Å². The molecule has 0 bridgehead atoms. The van der Waals surface area contributed by atoms with Crippen molar-refractivity contribution in [2.24, 2.45) is 52.3 Å². The van der Waals surface area contributed by atoms with Gasteiger partial charge in [-0.1, -0.05) is 66.7 Å². The smallest absolute Gasteiger partial charge is 0.0614 e. The third-order valence-corrected chi connectivity index (χ3v) is 12.7. The first-order chi connectivity index (χ1) is 18.6. The highest BCUT2D eigenvalue weighted by Gasteiger charge is 2.62. The molecule has 0 radical (unpaired) electrons. The zero-order valence-electron chi connectivity index (χ0n) is 26.0. The molecule has 0 heterocycles. The molecule has 1 aromatic rings. The van der Waals surface area contributed by atoms with Crippen LogP contribution in [0.2, 0.25) is 0 Å². The molecule has 220 valence electrons. The maximum Gasteiger partial charge on any atom is 0.0614 e. The van der Waals surface area contributed by atoms with Gasteiger partial charge in [-0.25, -0.2) is 0 Å². The van der Waals surface area contributed by atoms with Gasteiger partial charge in [0.15, 0.2) is 0 Å². The molecule has 0 saturated heterocycles. The van der Waals surface area contributed by atoms with Gasteiger partial charge < -0.3 is 16.2 Å². The topological polar surface area (TPSA) is 61.3 Å². The zero-order valence-corrected chi connectivity index (χ0v) is 26.0. The first kappa shape index (κ1) is 29.3. The van der Waals surface area contributed by atoms with Crippen LogP contribution < -0.4 is 11.5 Å². The summed E-state index contributed by atoms with van der Waals surface area (Å²) in [6, 6.07) is 5.99. The summed E-state index contributed by atoms with van der Waals surface area (Å²) in [6.07, 6.45) is 19.7. The van der Waals surface area contributed by atoms with Crippen LogP contribution in [0.5, 0.6) is 0 Å². The van der Waals surface area contributed by atoms with Crippen molar-refractivity contribution in [2.45, 2.75) is 131 Å². The highest BCUT2D eigenvalue weighted by molar-refractivity contribution is 5.54. The summed E-state index contributed by atoms with van der Waals surface area (Å²) in [4.78, 5) is 0. The van der Waals surface area contributed by atoms with Gasteiger partial charge in [0.2, 0.25) is 0 Å². The van der Waals surface area contributed by atoms with Gasteiger partial charge in [0.05, 0.1) is 6.10 Å². The van der Waals surface area contributed by atoms with Crippen LogP contribution in [0.1, 0.15) is 124 Å². The van der Waals surface area contributed by atoms with Gasteiger partial charge in [0, 0.05) is 18.0 Å². The summed E-state index contributed by atoms with van der Waals surface area (Å²) in [6.45, 7) is 13.6. The summed E-state index contributed by atoms with van der Waals surface area (Å²) >= 11 is 0. The number of nitrogen functional groups attached to an aromatic ring is 2. The Balaban J connectivity index is 1.30. The number of rotatable bonds is 10. The average Bonchev–Trinajstić information content (AvgIpc) is 3.17. The quantitative estimate of drug-likeness (QED) is 0.231. The maximum atomic E-state index is 6.95. The molecule has 1 aromatic carbocycles. The molecule has 4 aliphatic carbocycles. The second-order valence-electron chi connectivity index (χ2n) is 15.5. The fourth-order valence-corrected chi connectivity index (χ4v) is 10.9. The molecule has 4 N–H and O–H groups in total. The lowest BCUT2D eigenvalue weighted by Gasteiger charge is -2.60. The van der Waals surface area contributed by atoms with Crippen LogP contribution >= 0.6 is 0 Å². The normalized spacial score (nSPS) is 38.7. The molecular formula is C36H60N2O. The van der Waals surface area contributed by atoms with Crippen molar-refractivity contribution in [2.75, 3.05) is 18.1 Å². The molecule has 4 fully saturated rings. The summed E-state index contributed by atoms with van der Waals surface area (Å²) in [5.41, 5.74) is 15.9. The van der Waals surface area contributed by atoms with E-state index in [4.69, 9.17) is 16.2 Å².